The van der Waals surface area contributed by atoms with E-state index in [0.717, 1.165) is 18.1 Å². The highest BCUT2D eigenvalue weighted by molar-refractivity contribution is 6.31. The molecule has 1 aliphatic rings. The molecule has 0 radical (unpaired) electrons. The van der Waals surface area contributed by atoms with E-state index in [1.54, 1.807) is 0 Å². The monoisotopic (exact) mass is 224 g/mol. The quantitative estimate of drug-likeness (QED) is 0.824. The van der Waals surface area contributed by atoms with Crippen LogP contribution in [0.1, 0.15) is 24.9 Å². The number of rotatable bonds is 3. The summed E-state index contributed by atoms with van der Waals surface area (Å²) in [6.45, 7) is 4.35. The second kappa shape index (κ2) is 4.97. The van der Waals surface area contributed by atoms with E-state index in [1.165, 1.54) is 12.0 Å². The van der Waals surface area contributed by atoms with Gasteiger partial charge < -0.3 is 10.6 Å². The van der Waals surface area contributed by atoms with Crippen LogP contribution in [0, 0.1) is 0 Å². The summed E-state index contributed by atoms with van der Waals surface area (Å²) in [6, 6.07) is 8.94. The van der Waals surface area contributed by atoms with E-state index in [1.807, 2.05) is 18.2 Å². The number of hydrogen-bond donors (Lipinski definition) is 2. The lowest BCUT2D eigenvalue weighted by Crippen LogP contribution is -2.33. The molecule has 15 heavy (non-hydrogen) atoms. The molecule has 2 nitrogen and oxygen atoms in total. The van der Waals surface area contributed by atoms with E-state index in [-0.39, 0.29) is 0 Å². The fraction of sp³-hybridized carbons (Fsp3) is 0.500. The maximum absolute atomic E-state index is 6.15. The molecular weight excluding hydrogens is 208 g/mol. The summed E-state index contributed by atoms with van der Waals surface area (Å²) in [5.41, 5.74) is 1.19. The van der Waals surface area contributed by atoms with Gasteiger partial charge in [-0.3, -0.25) is 0 Å². The van der Waals surface area contributed by atoms with Crippen LogP contribution < -0.4 is 10.6 Å². The van der Waals surface area contributed by atoms with Crippen molar-refractivity contribution >= 4 is 11.6 Å². The van der Waals surface area contributed by atoms with Gasteiger partial charge in [0, 0.05) is 23.7 Å². The van der Waals surface area contributed by atoms with Crippen molar-refractivity contribution in [1.82, 2.24) is 10.6 Å². The molecule has 1 aromatic rings. The first kappa shape index (κ1) is 10.9. The third kappa shape index (κ3) is 2.71. The molecule has 0 amide bonds. The maximum atomic E-state index is 6.15. The number of nitrogens with one attached hydrogen (secondary N) is 2. The van der Waals surface area contributed by atoms with Crippen molar-refractivity contribution in [3.63, 3.8) is 0 Å². The van der Waals surface area contributed by atoms with Gasteiger partial charge in [0.25, 0.3) is 0 Å². The molecule has 0 aliphatic carbocycles. The second-order valence-electron chi connectivity index (χ2n) is 4.10. The Bertz CT molecular complexity index is 321. The SMILES string of the molecule is C[C@@H](NC1CCNC1)c1ccccc1Cl. The second-order valence-corrected chi connectivity index (χ2v) is 4.51. The summed E-state index contributed by atoms with van der Waals surface area (Å²) in [7, 11) is 0. The van der Waals surface area contributed by atoms with Crippen LogP contribution in [0.25, 0.3) is 0 Å². The highest BCUT2D eigenvalue weighted by atomic mass is 35.5. The van der Waals surface area contributed by atoms with Crippen LogP contribution in [0.5, 0.6) is 0 Å². The summed E-state index contributed by atoms with van der Waals surface area (Å²) in [6.07, 6.45) is 1.20. The number of benzene rings is 1. The van der Waals surface area contributed by atoms with Crippen LogP contribution in [0.3, 0.4) is 0 Å². The normalized spacial score (nSPS) is 22.9. The standard InChI is InChI=1S/C12H17ClN2/c1-9(15-10-6-7-14-8-10)11-4-2-3-5-12(11)13/h2-5,9-10,14-15H,6-8H2,1H3/t9-,10?/m1/s1. The predicted molar refractivity (Wildman–Crippen MR) is 64.3 cm³/mol. The van der Waals surface area contributed by atoms with Gasteiger partial charge >= 0.3 is 0 Å². The van der Waals surface area contributed by atoms with E-state index >= 15 is 0 Å². The Morgan fingerprint density at radius 2 is 2.27 bits per heavy atom. The molecule has 0 spiro atoms. The lowest BCUT2D eigenvalue weighted by atomic mass is 10.1. The van der Waals surface area contributed by atoms with Gasteiger partial charge in [-0.1, -0.05) is 29.8 Å². The Kier molecular flexibility index (Phi) is 3.62. The Labute approximate surface area is 96.0 Å². The summed E-state index contributed by atoms with van der Waals surface area (Å²) in [5.74, 6) is 0. The summed E-state index contributed by atoms with van der Waals surface area (Å²) in [4.78, 5) is 0. The van der Waals surface area contributed by atoms with Gasteiger partial charge in [-0.15, -0.1) is 0 Å². The smallest absolute Gasteiger partial charge is 0.0453 e. The molecule has 1 fully saturated rings. The molecule has 1 aliphatic heterocycles. The third-order valence-corrected chi connectivity index (χ3v) is 3.26. The van der Waals surface area contributed by atoms with E-state index in [2.05, 4.69) is 23.6 Å². The topological polar surface area (TPSA) is 24.1 Å². The third-order valence-electron chi connectivity index (χ3n) is 2.92. The lowest BCUT2D eigenvalue weighted by Gasteiger charge is -2.19. The van der Waals surface area contributed by atoms with Crippen LogP contribution in [0.2, 0.25) is 5.02 Å². The van der Waals surface area contributed by atoms with Crippen molar-refractivity contribution in [3.8, 4) is 0 Å². The summed E-state index contributed by atoms with van der Waals surface area (Å²) >= 11 is 6.15. The Hall–Kier alpha value is -0.570. The predicted octanol–water partition coefficient (Wildman–Crippen LogP) is 2.35. The number of hydrogen-bond acceptors (Lipinski definition) is 2. The van der Waals surface area contributed by atoms with Gasteiger partial charge in [-0.25, -0.2) is 0 Å². The van der Waals surface area contributed by atoms with Gasteiger partial charge in [0.15, 0.2) is 0 Å². The van der Waals surface area contributed by atoms with Crippen LogP contribution in [0.4, 0.5) is 0 Å². The van der Waals surface area contributed by atoms with Crippen molar-refractivity contribution in [1.29, 1.82) is 0 Å². The maximum Gasteiger partial charge on any atom is 0.0453 e. The highest BCUT2D eigenvalue weighted by Crippen LogP contribution is 2.22. The van der Waals surface area contributed by atoms with Crippen LogP contribution in [-0.4, -0.2) is 19.1 Å². The highest BCUT2D eigenvalue weighted by Gasteiger charge is 2.17. The minimum atomic E-state index is 0.323. The molecule has 0 saturated carbocycles. The van der Waals surface area contributed by atoms with Crippen molar-refractivity contribution in [3.05, 3.63) is 34.9 Å². The zero-order valence-corrected chi connectivity index (χ0v) is 9.72. The lowest BCUT2D eigenvalue weighted by molar-refractivity contribution is 0.478. The van der Waals surface area contributed by atoms with Crippen LogP contribution in [-0.2, 0) is 0 Å². The minimum Gasteiger partial charge on any atom is -0.315 e. The minimum absolute atomic E-state index is 0.323. The summed E-state index contributed by atoms with van der Waals surface area (Å²) < 4.78 is 0. The molecule has 1 aromatic carbocycles. The largest absolute Gasteiger partial charge is 0.315 e. The fourth-order valence-electron chi connectivity index (χ4n) is 2.07. The van der Waals surface area contributed by atoms with Gasteiger partial charge in [0.2, 0.25) is 0 Å². The molecule has 2 rings (SSSR count). The molecular formula is C12H17ClN2. The molecule has 2 N–H and O–H groups in total. The van der Waals surface area contributed by atoms with E-state index in [4.69, 9.17) is 11.6 Å². The first-order valence-corrected chi connectivity index (χ1v) is 5.86. The Morgan fingerprint density at radius 1 is 1.47 bits per heavy atom. The van der Waals surface area contributed by atoms with E-state index in [9.17, 15) is 0 Å². The van der Waals surface area contributed by atoms with Gasteiger partial charge in [0.1, 0.15) is 0 Å². The zero-order valence-electron chi connectivity index (χ0n) is 8.96. The Balaban J connectivity index is 2.00. The van der Waals surface area contributed by atoms with Crippen LogP contribution >= 0.6 is 11.6 Å². The molecule has 3 heteroatoms. The van der Waals surface area contributed by atoms with Gasteiger partial charge in [0.05, 0.1) is 0 Å². The van der Waals surface area contributed by atoms with Gasteiger partial charge in [-0.2, -0.15) is 0 Å². The van der Waals surface area contributed by atoms with Crippen molar-refractivity contribution in [2.75, 3.05) is 13.1 Å². The molecule has 1 heterocycles. The molecule has 1 unspecified atom stereocenters. The molecule has 1 saturated heterocycles. The zero-order chi connectivity index (χ0) is 10.7. The average Bonchev–Trinajstić information content (AvgIpc) is 2.71. The van der Waals surface area contributed by atoms with Crippen molar-refractivity contribution in [2.45, 2.75) is 25.4 Å². The first-order valence-electron chi connectivity index (χ1n) is 5.48. The fourth-order valence-corrected chi connectivity index (χ4v) is 2.37. The first-order chi connectivity index (χ1) is 7.27. The summed E-state index contributed by atoms with van der Waals surface area (Å²) in [5, 5.41) is 7.79. The molecule has 2 atom stereocenters. The van der Waals surface area contributed by atoms with E-state index < -0.39 is 0 Å². The average molecular weight is 225 g/mol. The molecule has 0 aromatic heterocycles. The van der Waals surface area contributed by atoms with Crippen molar-refractivity contribution < 1.29 is 0 Å². The van der Waals surface area contributed by atoms with Crippen molar-refractivity contribution in [2.24, 2.45) is 0 Å². The number of halogens is 1. The molecule has 0 bridgehead atoms. The van der Waals surface area contributed by atoms with Crippen LogP contribution in [0.15, 0.2) is 24.3 Å². The van der Waals surface area contributed by atoms with Gasteiger partial charge in [-0.05, 0) is 31.5 Å². The Morgan fingerprint density at radius 3 is 2.93 bits per heavy atom. The van der Waals surface area contributed by atoms with E-state index in [0.29, 0.717) is 12.1 Å². The molecule has 82 valence electrons.